The summed E-state index contributed by atoms with van der Waals surface area (Å²) in [4.78, 5) is 4.80. The summed E-state index contributed by atoms with van der Waals surface area (Å²) >= 11 is 1.64. The highest BCUT2D eigenvalue weighted by Crippen LogP contribution is 2.28. The van der Waals surface area contributed by atoms with E-state index in [2.05, 4.69) is 54.9 Å². The molecule has 0 saturated heterocycles. The molecule has 2 heterocycles. The Morgan fingerprint density at radius 1 is 0.848 bits per heavy atom. The maximum atomic E-state index is 5.31. The first kappa shape index (κ1) is 20.9. The lowest BCUT2D eigenvalue weighted by Crippen LogP contribution is -1.94. The van der Waals surface area contributed by atoms with Crippen LogP contribution in [-0.2, 0) is 0 Å². The standard InChI is InChI=1S/C28H23N3OS/c1-20-8-10-21(11-9-20)26-19-33-27(29-26)17-14-23-18-31(24-6-4-3-5-7-24)30-28(23)22-12-15-25(32-2)16-13-22/h3-19H,1-2H3. The van der Waals surface area contributed by atoms with Gasteiger partial charge in [0.05, 0.1) is 24.2 Å². The van der Waals surface area contributed by atoms with Crippen LogP contribution in [0, 0.1) is 6.92 Å². The highest BCUT2D eigenvalue weighted by Gasteiger charge is 2.11. The second-order valence-electron chi connectivity index (χ2n) is 7.71. The molecule has 0 atom stereocenters. The minimum absolute atomic E-state index is 0.824. The maximum Gasteiger partial charge on any atom is 0.118 e. The summed E-state index contributed by atoms with van der Waals surface area (Å²) in [5, 5.41) is 7.94. The van der Waals surface area contributed by atoms with Crippen LogP contribution in [0.4, 0.5) is 0 Å². The second-order valence-corrected chi connectivity index (χ2v) is 8.60. The topological polar surface area (TPSA) is 39.9 Å². The Labute approximate surface area is 197 Å². The predicted octanol–water partition coefficient (Wildman–Crippen LogP) is 7.15. The summed E-state index contributed by atoms with van der Waals surface area (Å²) in [6, 6.07) is 26.6. The molecule has 0 fully saturated rings. The van der Waals surface area contributed by atoms with E-state index >= 15 is 0 Å². The smallest absolute Gasteiger partial charge is 0.118 e. The number of aromatic nitrogens is 3. The molecule has 0 saturated carbocycles. The molecule has 0 spiro atoms. The van der Waals surface area contributed by atoms with Gasteiger partial charge in [-0.25, -0.2) is 9.67 Å². The van der Waals surface area contributed by atoms with Crippen LogP contribution in [0.1, 0.15) is 16.1 Å². The van der Waals surface area contributed by atoms with Gasteiger partial charge in [-0.1, -0.05) is 48.0 Å². The molecule has 0 aliphatic rings. The molecule has 0 N–H and O–H groups in total. The van der Waals surface area contributed by atoms with E-state index in [-0.39, 0.29) is 0 Å². The Hall–Kier alpha value is -3.96. The summed E-state index contributed by atoms with van der Waals surface area (Å²) in [6.45, 7) is 2.09. The summed E-state index contributed by atoms with van der Waals surface area (Å²) < 4.78 is 7.23. The first-order valence-corrected chi connectivity index (χ1v) is 11.6. The molecule has 4 nitrogen and oxygen atoms in total. The molecule has 0 aliphatic heterocycles. The van der Waals surface area contributed by atoms with Crippen LogP contribution in [0.25, 0.3) is 40.4 Å². The zero-order valence-corrected chi connectivity index (χ0v) is 19.3. The van der Waals surface area contributed by atoms with Gasteiger partial charge in [0.2, 0.25) is 0 Å². The lowest BCUT2D eigenvalue weighted by molar-refractivity contribution is 0.415. The molecule has 33 heavy (non-hydrogen) atoms. The van der Waals surface area contributed by atoms with Crippen LogP contribution in [-0.4, -0.2) is 21.9 Å². The number of nitrogens with zero attached hydrogens (tertiary/aromatic N) is 3. The van der Waals surface area contributed by atoms with E-state index in [1.807, 2.05) is 59.3 Å². The Morgan fingerprint density at radius 2 is 1.58 bits per heavy atom. The van der Waals surface area contributed by atoms with E-state index in [1.165, 1.54) is 5.56 Å². The van der Waals surface area contributed by atoms with Gasteiger partial charge in [-0.05, 0) is 55.5 Å². The summed E-state index contributed by atoms with van der Waals surface area (Å²) in [5.41, 5.74) is 7.36. The van der Waals surface area contributed by atoms with Gasteiger partial charge >= 0.3 is 0 Å². The van der Waals surface area contributed by atoms with Gasteiger partial charge in [-0.3, -0.25) is 0 Å². The van der Waals surface area contributed by atoms with Crippen molar-refractivity contribution in [2.45, 2.75) is 6.92 Å². The fourth-order valence-electron chi connectivity index (χ4n) is 3.58. The SMILES string of the molecule is COc1ccc(-c2nn(-c3ccccc3)cc2C=Cc2nc(-c3ccc(C)cc3)cs2)cc1. The number of rotatable bonds is 6. The molecule has 5 heteroatoms. The summed E-state index contributed by atoms with van der Waals surface area (Å²) in [7, 11) is 1.67. The molecule has 5 aromatic rings. The van der Waals surface area contributed by atoms with E-state index in [0.717, 1.165) is 44.5 Å². The quantitative estimate of drug-likeness (QED) is 0.276. The lowest BCUT2D eigenvalue weighted by atomic mass is 10.1. The second kappa shape index (κ2) is 9.27. The molecule has 0 radical (unpaired) electrons. The van der Waals surface area contributed by atoms with Crippen molar-refractivity contribution >= 4 is 23.5 Å². The zero-order chi connectivity index (χ0) is 22.6. The Morgan fingerprint density at radius 3 is 2.30 bits per heavy atom. The molecule has 0 amide bonds. The van der Waals surface area contributed by atoms with Crippen LogP contribution in [0.5, 0.6) is 5.75 Å². The van der Waals surface area contributed by atoms with Crippen molar-refractivity contribution in [2.24, 2.45) is 0 Å². The van der Waals surface area contributed by atoms with Crippen molar-refractivity contribution < 1.29 is 4.74 Å². The normalized spacial score (nSPS) is 11.2. The van der Waals surface area contributed by atoms with Crippen LogP contribution >= 0.6 is 11.3 Å². The van der Waals surface area contributed by atoms with E-state index in [0.29, 0.717) is 0 Å². The van der Waals surface area contributed by atoms with Crippen molar-refractivity contribution in [3.63, 3.8) is 0 Å². The molecule has 5 rings (SSSR count). The van der Waals surface area contributed by atoms with Crippen LogP contribution in [0.15, 0.2) is 90.4 Å². The van der Waals surface area contributed by atoms with Gasteiger partial charge in [0.15, 0.2) is 0 Å². The van der Waals surface area contributed by atoms with E-state index < -0.39 is 0 Å². The minimum atomic E-state index is 0.824. The molecule has 3 aromatic carbocycles. The van der Waals surface area contributed by atoms with Gasteiger partial charge in [-0.15, -0.1) is 11.3 Å². The average molecular weight is 450 g/mol. The molecule has 2 aromatic heterocycles. The van der Waals surface area contributed by atoms with Crippen molar-refractivity contribution in [3.05, 3.63) is 107 Å². The number of hydrogen-bond donors (Lipinski definition) is 0. The van der Waals surface area contributed by atoms with Crippen LogP contribution in [0.3, 0.4) is 0 Å². The molecule has 0 aliphatic carbocycles. The fraction of sp³-hybridized carbons (Fsp3) is 0.0714. The van der Waals surface area contributed by atoms with E-state index in [1.54, 1.807) is 18.4 Å². The summed E-state index contributed by atoms with van der Waals surface area (Å²) in [5.74, 6) is 0.824. The Bertz CT molecular complexity index is 1380. The number of aryl methyl sites for hydroxylation is 1. The first-order chi connectivity index (χ1) is 16.2. The third kappa shape index (κ3) is 4.64. The average Bonchev–Trinajstić information content (AvgIpc) is 3.51. The van der Waals surface area contributed by atoms with Crippen molar-refractivity contribution in [2.75, 3.05) is 7.11 Å². The Kier molecular flexibility index (Phi) is 5.87. The number of ether oxygens (including phenoxy) is 1. The number of benzene rings is 3. The molecular formula is C28H23N3OS. The van der Waals surface area contributed by atoms with Crippen molar-refractivity contribution in [1.29, 1.82) is 0 Å². The predicted molar refractivity (Wildman–Crippen MR) is 137 cm³/mol. The highest BCUT2D eigenvalue weighted by molar-refractivity contribution is 7.10. The van der Waals surface area contributed by atoms with Gasteiger partial charge in [-0.2, -0.15) is 5.10 Å². The third-order valence-corrected chi connectivity index (χ3v) is 6.21. The van der Waals surface area contributed by atoms with E-state index in [4.69, 9.17) is 14.8 Å². The molecule has 162 valence electrons. The molecular weight excluding hydrogens is 426 g/mol. The maximum absolute atomic E-state index is 5.31. The monoisotopic (exact) mass is 449 g/mol. The Balaban J connectivity index is 1.49. The number of hydrogen-bond acceptors (Lipinski definition) is 4. The number of methoxy groups -OCH3 is 1. The largest absolute Gasteiger partial charge is 0.497 e. The van der Waals surface area contributed by atoms with Crippen LogP contribution in [0.2, 0.25) is 0 Å². The molecule has 0 bridgehead atoms. The highest BCUT2D eigenvalue weighted by atomic mass is 32.1. The first-order valence-electron chi connectivity index (χ1n) is 10.7. The van der Waals surface area contributed by atoms with Gasteiger partial charge in [0.1, 0.15) is 10.8 Å². The lowest BCUT2D eigenvalue weighted by Gasteiger charge is -2.02. The van der Waals surface area contributed by atoms with Crippen LogP contribution < -0.4 is 4.74 Å². The zero-order valence-electron chi connectivity index (χ0n) is 18.5. The van der Waals surface area contributed by atoms with Crippen molar-refractivity contribution in [3.8, 4) is 34.0 Å². The van der Waals surface area contributed by atoms with E-state index in [9.17, 15) is 0 Å². The van der Waals surface area contributed by atoms with Gasteiger partial charge in [0.25, 0.3) is 0 Å². The van der Waals surface area contributed by atoms with Gasteiger partial charge < -0.3 is 4.74 Å². The summed E-state index contributed by atoms with van der Waals surface area (Å²) in [6.07, 6.45) is 6.20. The minimum Gasteiger partial charge on any atom is -0.497 e. The third-order valence-electron chi connectivity index (χ3n) is 5.40. The number of thiazole rings is 1. The molecule has 0 unspecified atom stereocenters. The van der Waals surface area contributed by atoms with Gasteiger partial charge in [0, 0.05) is 28.3 Å². The fourth-order valence-corrected chi connectivity index (χ4v) is 4.30. The van der Waals surface area contributed by atoms with Crippen molar-refractivity contribution in [1.82, 2.24) is 14.8 Å². The number of para-hydroxylation sites is 1.